The van der Waals surface area contributed by atoms with Gasteiger partial charge < -0.3 is 16.0 Å². The van der Waals surface area contributed by atoms with Crippen LogP contribution >= 0.6 is 0 Å². The predicted molar refractivity (Wildman–Crippen MR) is 93.1 cm³/mol. The summed E-state index contributed by atoms with van der Waals surface area (Å²) in [6, 6.07) is 0. The van der Waals surface area contributed by atoms with E-state index >= 15 is 0 Å². The van der Waals surface area contributed by atoms with Gasteiger partial charge in [0.25, 0.3) is 0 Å². The van der Waals surface area contributed by atoms with Gasteiger partial charge in [-0.1, -0.05) is 45.4 Å². The molecule has 1 aliphatic carbocycles. The van der Waals surface area contributed by atoms with E-state index in [2.05, 4.69) is 27.9 Å². The van der Waals surface area contributed by atoms with E-state index in [4.69, 9.17) is 0 Å². The van der Waals surface area contributed by atoms with Crippen molar-refractivity contribution in [2.45, 2.75) is 64.7 Å². The summed E-state index contributed by atoms with van der Waals surface area (Å²) in [7, 11) is 1.77. The molecular formula is C17H34N4O. The molecule has 0 aliphatic heterocycles. The fourth-order valence-corrected chi connectivity index (χ4v) is 2.93. The molecule has 1 aliphatic rings. The molecule has 1 rings (SSSR count). The van der Waals surface area contributed by atoms with Crippen LogP contribution in [0.25, 0.3) is 0 Å². The van der Waals surface area contributed by atoms with Gasteiger partial charge in [-0.25, -0.2) is 0 Å². The van der Waals surface area contributed by atoms with Crippen LogP contribution in [0.4, 0.5) is 0 Å². The topological polar surface area (TPSA) is 65.5 Å². The molecule has 0 unspecified atom stereocenters. The van der Waals surface area contributed by atoms with Crippen LogP contribution < -0.4 is 16.0 Å². The van der Waals surface area contributed by atoms with Gasteiger partial charge >= 0.3 is 0 Å². The van der Waals surface area contributed by atoms with Crippen LogP contribution in [-0.2, 0) is 4.79 Å². The number of amides is 1. The third-order valence-corrected chi connectivity index (χ3v) is 4.25. The molecule has 5 heteroatoms. The molecule has 0 atom stereocenters. The summed E-state index contributed by atoms with van der Waals surface area (Å²) in [5.41, 5.74) is 0. The molecule has 0 bridgehead atoms. The molecule has 22 heavy (non-hydrogen) atoms. The van der Waals surface area contributed by atoms with Gasteiger partial charge in [0.1, 0.15) is 0 Å². The molecule has 3 N–H and O–H groups in total. The van der Waals surface area contributed by atoms with E-state index in [0.717, 1.165) is 31.4 Å². The summed E-state index contributed by atoms with van der Waals surface area (Å²) in [6.07, 6.45) is 11.1. The Kier molecular flexibility index (Phi) is 10.5. The number of nitrogens with zero attached hydrogens (tertiary/aromatic N) is 1. The van der Waals surface area contributed by atoms with Crippen molar-refractivity contribution in [1.82, 2.24) is 16.0 Å². The summed E-state index contributed by atoms with van der Waals surface area (Å²) in [5.74, 6) is 1.88. The Morgan fingerprint density at radius 3 is 2.45 bits per heavy atom. The Bertz CT molecular complexity index is 325. The van der Waals surface area contributed by atoms with Crippen LogP contribution in [0.2, 0.25) is 0 Å². The number of guanidine groups is 1. The molecule has 0 aromatic carbocycles. The maximum absolute atomic E-state index is 11.5. The highest BCUT2D eigenvalue weighted by Gasteiger charge is 2.13. The van der Waals surface area contributed by atoms with Gasteiger partial charge in [-0.3, -0.25) is 9.79 Å². The number of carbonyl (C=O) groups is 1. The Morgan fingerprint density at radius 2 is 1.77 bits per heavy atom. The summed E-state index contributed by atoms with van der Waals surface area (Å²) in [4.78, 5) is 15.7. The highest BCUT2D eigenvalue weighted by atomic mass is 16.1. The van der Waals surface area contributed by atoms with Crippen LogP contribution in [-0.4, -0.2) is 38.5 Å². The van der Waals surface area contributed by atoms with Gasteiger partial charge in [-0.2, -0.15) is 0 Å². The number of rotatable bonds is 10. The minimum Gasteiger partial charge on any atom is -0.356 e. The first-order valence-electron chi connectivity index (χ1n) is 8.97. The minimum atomic E-state index is 0.0985. The molecule has 128 valence electrons. The van der Waals surface area contributed by atoms with E-state index in [-0.39, 0.29) is 5.91 Å². The second kappa shape index (κ2) is 12.3. The van der Waals surface area contributed by atoms with Crippen molar-refractivity contribution in [3.8, 4) is 0 Å². The lowest BCUT2D eigenvalue weighted by atomic mass is 10.0. The van der Waals surface area contributed by atoms with Crippen molar-refractivity contribution in [2.75, 3.05) is 26.7 Å². The lowest BCUT2D eigenvalue weighted by Crippen LogP contribution is -2.39. The number of carbonyl (C=O) groups excluding carboxylic acids is 1. The van der Waals surface area contributed by atoms with Gasteiger partial charge in [-0.15, -0.1) is 0 Å². The van der Waals surface area contributed by atoms with E-state index in [9.17, 15) is 4.79 Å². The second-order valence-corrected chi connectivity index (χ2v) is 6.17. The summed E-state index contributed by atoms with van der Waals surface area (Å²) >= 11 is 0. The number of nitrogens with one attached hydrogen (secondary N) is 3. The third kappa shape index (κ3) is 8.90. The molecular weight excluding hydrogens is 276 g/mol. The zero-order valence-corrected chi connectivity index (χ0v) is 14.4. The lowest BCUT2D eigenvalue weighted by Gasteiger charge is -2.12. The third-order valence-electron chi connectivity index (χ3n) is 4.25. The number of aliphatic imine (C=N–C) groups is 1. The van der Waals surface area contributed by atoms with Gasteiger partial charge in [0, 0.05) is 33.1 Å². The monoisotopic (exact) mass is 310 g/mol. The van der Waals surface area contributed by atoms with Gasteiger partial charge in [0.2, 0.25) is 5.91 Å². The van der Waals surface area contributed by atoms with Crippen LogP contribution in [0, 0.1) is 5.92 Å². The van der Waals surface area contributed by atoms with Crippen LogP contribution in [0.5, 0.6) is 0 Å². The second-order valence-electron chi connectivity index (χ2n) is 6.17. The standard InChI is InChI=1S/C17H34N4O/c1-3-12-19-16(22)11-14-21-17(18-2)20-13-7-6-10-15-8-4-5-9-15/h15H,3-14H2,1-2H3,(H,19,22)(H2,18,20,21). The number of hydrogen-bond acceptors (Lipinski definition) is 2. The number of hydrogen-bond donors (Lipinski definition) is 3. The maximum atomic E-state index is 11.5. The summed E-state index contributed by atoms with van der Waals surface area (Å²) in [5, 5.41) is 9.38. The van der Waals surface area contributed by atoms with Crippen LogP contribution in [0.3, 0.4) is 0 Å². The average molecular weight is 310 g/mol. The quantitative estimate of drug-likeness (QED) is 0.330. The Balaban J connectivity index is 1.98. The molecule has 1 amide bonds. The molecule has 1 saturated carbocycles. The zero-order chi connectivity index (χ0) is 16.0. The summed E-state index contributed by atoms with van der Waals surface area (Å²) in [6.45, 7) is 4.38. The molecule has 1 fully saturated rings. The van der Waals surface area contributed by atoms with Crippen molar-refractivity contribution in [1.29, 1.82) is 0 Å². The lowest BCUT2D eigenvalue weighted by molar-refractivity contribution is -0.120. The van der Waals surface area contributed by atoms with Crippen LogP contribution in [0.15, 0.2) is 4.99 Å². The largest absolute Gasteiger partial charge is 0.356 e. The van der Waals surface area contributed by atoms with Gasteiger partial charge in [0.05, 0.1) is 0 Å². The molecule has 0 heterocycles. The first-order valence-corrected chi connectivity index (χ1v) is 8.97. The summed E-state index contributed by atoms with van der Waals surface area (Å²) < 4.78 is 0. The Labute approximate surface area is 135 Å². The highest BCUT2D eigenvalue weighted by Crippen LogP contribution is 2.28. The SMILES string of the molecule is CCCNC(=O)CCNC(=NC)NCCCCC1CCCC1. The fraction of sp³-hybridized carbons (Fsp3) is 0.882. The van der Waals surface area contributed by atoms with E-state index in [1.165, 1.54) is 44.9 Å². The minimum absolute atomic E-state index is 0.0985. The normalized spacial score (nSPS) is 15.8. The molecule has 0 spiro atoms. The molecule has 0 aromatic rings. The van der Waals surface area contributed by atoms with Crippen molar-refractivity contribution >= 4 is 11.9 Å². The van der Waals surface area contributed by atoms with E-state index in [0.29, 0.717) is 13.0 Å². The van der Waals surface area contributed by atoms with Crippen LogP contribution in [0.1, 0.15) is 64.7 Å². The van der Waals surface area contributed by atoms with Crippen molar-refractivity contribution in [3.05, 3.63) is 0 Å². The van der Waals surface area contributed by atoms with Crippen molar-refractivity contribution < 1.29 is 4.79 Å². The van der Waals surface area contributed by atoms with E-state index in [1.54, 1.807) is 7.05 Å². The smallest absolute Gasteiger partial charge is 0.221 e. The Hall–Kier alpha value is -1.26. The van der Waals surface area contributed by atoms with Gasteiger partial charge in [0.15, 0.2) is 5.96 Å². The molecule has 0 aromatic heterocycles. The Morgan fingerprint density at radius 1 is 1.05 bits per heavy atom. The highest BCUT2D eigenvalue weighted by molar-refractivity contribution is 5.81. The first kappa shape index (κ1) is 18.8. The maximum Gasteiger partial charge on any atom is 0.221 e. The molecule has 0 saturated heterocycles. The fourth-order valence-electron chi connectivity index (χ4n) is 2.93. The van der Waals surface area contributed by atoms with Gasteiger partial charge in [-0.05, 0) is 18.8 Å². The predicted octanol–water partition coefficient (Wildman–Crippen LogP) is 2.43. The molecule has 0 radical (unpaired) electrons. The number of unbranched alkanes of at least 4 members (excludes halogenated alkanes) is 1. The van der Waals surface area contributed by atoms with Crippen molar-refractivity contribution in [2.24, 2.45) is 10.9 Å². The average Bonchev–Trinajstić information content (AvgIpc) is 3.04. The molecule has 5 nitrogen and oxygen atoms in total. The zero-order valence-electron chi connectivity index (χ0n) is 14.4. The van der Waals surface area contributed by atoms with E-state index in [1.807, 2.05) is 0 Å². The first-order chi connectivity index (χ1) is 10.8. The van der Waals surface area contributed by atoms with Crippen molar-refractivity contribution in [3.63, 3.8) is 0 Å². The van der Waals surface area contributed by atoms with E-state index < -0.39 is 0 Å².